The summed E-state index contributed by atoms with van der Waals surface area (Å²) in [4.78, 5) is 33.8. The molecule has 0 bridgehead atoms. The molecule has 0 spiro atoms. The van der Waals surface area contributed by atoms with Crippen molar-refractivity contribution in [3.8, 4) is 0 Å². The normalized spacial score (nSPS) is 15.0. The highest BCUT2D eigenvalue weighted by Gasteiger charge is 2.29. The molecule has 118 valence electrons. The highest BCUT2D eigenvalue weighted by molar-refractivity contribution is 5.92. The van der Waals surface area contributed by atoms with E-state index in [2.05, 4.69) is 5.32 Å². The van der Waals surface area contributed by atoms with E-state index in [1.165, 1.54) is 12.1 Å². The number of carbonyl (C=O) groups is 2. The van der Waals surface area contributed by atoms with Crippen molar-refractivity contribution in [2.45, 2.75) is 32.7 Å². The van der Waals surface area contributed by atoms with Crippen molar-refractivity contribution in [2.24, 2.45) is 5.92 Å². The lowest BCUT2D eigenvalue weighted by atomic mass is 10.1. The van der Waals surface area contributed by atoms with Gasteiger partial charge in [0, 0.05) is 17.7 Å². The maximum atomic E-state index is 11.8. The van der Waals surface area contributed by atoms with Crippen LogP contribution >= 0.6 is 0 Å². The van der Waals surface area contributed by atoms with Gasteiger partial charge in [0.25, 0.3) is 11.6 Å². The number of carbonyl (C=O) groups excluding carboxylic acids is 2. The van der Waals surface area contributed by atoms with Crippen LogP contribution in [0.4, 0.5) is 5.69 Å². The molecule has 1 atom stereocenters. The highest BCUT2D eigenvalue weighted by atomic mass is 16.6. The van der Waals surface area contributed by atoms with E-state index in [9.17, 15) is 19.7 Å². The van der Waals surface area contributed by atoms with Gasteiger partial charge in [-0.15, -0.1) is 0 Å². The molecule has 1 aliphatic rings. The van der Waals surface area contributed by atoms with Gasteiger partial charge >= 0.3 is 5.97 Å². The smallest absolute Gasteiger partial charge is 0.338 e. The number of nitro benzene ring substituents is 1. The fourth-order valence-corrected chi connectivity index (χ4v) is 2.16. The van der Waals surface area contributed by atoms with Gasteiger partial charge in [0.05, 0.1) is 10.5 Å². The molecule has 0 aliphatic heterocycles. The van der Waals surface area contributed by atoms with Gasteiger partial charge in [-0.05, 0) is 38.7 Å². The Kier molecular flexibility index (Phi) is 4.75. The molecule has 2 rings (SSSR count). The maximum absolute atomic E-state index is 11.8. The number of nitrogens with zero attached hydrogens (tertiary/aromatic N) is 1. The average molecular weight is 306 g/mol. The molecule has 22 heavy (non-hydrogen) atoms. The fraction of sp³-hybridized carbons (Fsp3) is 0.467. The summed E-state index contributed by atoms with van der Waals surface area (Å²) in [5, 5.41) is 13.6. The number of aryl methyl sites for hydroxylation is 1. The van der Waals surface area contributed by atoms with Crippen molar-refractivity contribution in [2.75, 3.05) is 6.61 Å². The first kappa shape index (κ1) is 15.9. The molecule has 7 nitrogen and oxygen atoms in total. The molecule has 1 aromatic rings. The van der Waals surface area contributed by atoms with Crippen LogP contribution in [-0.4, -0.2) is 29.4 Å². The van der Waals surface area contributed by atoms with Crippen LogP contribution in [0.15, 0.2) is 18.2 Å². The largest absolute Gasteiger partial charge is 0.452 e. The van der Waals surface area contributed by atoms with Crippen LogP contribution in [0.2, 0.25) is 0 Å². The Bertz CT molecular complexity index is 610. The number of amides is 1. The van der Waals surface area contributed by atoms with E-state index in [1.807, 2.05) is 6.92 Å². The Hall–Kier alpha value is -2.44. The first-order valence-electron chi connectivity index (χ1n) is 7.10. The quantitative estimate of drug-likeness (QED) is 0.492. The SMILES string of the molecule is Cc1ccc(C(=O)OCC(=O)N[C@H](C)C2CC2)cc1[N+](=O)[O-]. The van der Waals surface area contributed by atoms with Gasteiger partial charge in [-0.1, -0.05) is 6.07 Å². The fourth-order valence-electron chi connectivity index (χ4n) is 2.16. The van der Waals surface area contributed by atoms with Crippen molar-refractivity contribution in [3.63, 3.8) is 0 Å². The molecule has 1 aromatic carbocycles. The molecule has 1 N–H and O–H groups in total. The van der Waals surface area contributed by atoms with Gasteiger partial charge in [-0.3, -0.25) is 14.9 Å². The Morgan fingerprint density at radius 2 is 2.14 bits per heavy atom. The number of hydrogen-bond acceptors (Lipinski definition) is 5. The number of rotatable bonds is 6. The third kappa shape index (κ3) is 4.03. The van der Waals surface area contributed by atoms with Crippen molar-refractivity contribution in [1.29, 1.82) is 0 Å². The Balaban J connectivity index is 1.90. The summed E-state index contributed by atoms with van der Waals surface area (Å²) in [5.41, 5.74) is 0.360. The maximum Gasteiger partial charge on any atom is 0.338 e. The summed E-state index contributed by atoms with van der Waals surface area (Å²) in [6.45, 7) is 3.11. The van der Waals surface area contributed by atoms with E-state index >= 15 is 0 Å². The Labute approximate surface area is 127 Å². The number of benzene rings is 1. The first-order chi connectivity index (χ1) is 10.4. The second-order valence-corrected chi connectivity index (χ2v) is 5.53. The lowest BCUT2D eigenvalue weighted by molar-refractivity contribution is -0.385. The van der Waals surface area contributed by atoms with E-state index < -0.39 is 17.5 Å². The standard InChI is InChI=1S/C15H18N2O5/c1-9-3-4-12(7-13(9)17(20)21)15(19)22-8-14(18)16-10(2)11-5-6-11/h3-4,7,10-11H,5-6,8H2,1-2H3,(H,16,18)/t10-/m1/s1. The molecule has 0 unspecified atom stereocenters. The lowest BCUT2D eigenvalue weighted by Gasteiger charge is -2.12. The molecule has 0 aromatic heterocycles. The molecular formula is C15H18N2O5. The predicted octanol–water partition coefficient (Wildman–Crippen LogP) is 1.97. The van der Waals surface area contributed by atoms with Crippen LogP contribution in [0.25, 0.3) is 0 Å². The third-order valence-electron chi connectivity index (χ3n) is 3.69. The molecule has 1 amide bonds. The van der Waals surface area contributed by atoms with Crippen LogP contribution in [-0.2, 0) is 9.53 Å². The van der Waals surface area contributed by atoms with E-state index in [1.54, 1.807) is 6.92 Å². The van der Waals surface area contributed by atoms with Crippen molar-refractivity contribution in [1.82, 2.24) is 5.32 Å². The minimum Gasteiger partial charge on any atom is -0.452 e. The van der Waals surface area contributed by atoms with Gasteiger partial charge in [0.2, 0.25) is 0 Å². The van der Waals surface area contributed by atoms with E-state index in [0.29, 0.717) is 11.5 Å². The van der Waals surface area contributed by atoms with Crippen LogP contribution in [0.5, 0.6) is 0 Å². The zero-order valence-corrected chi connectivity index (χ0v) is 12.5. The minimum absolute atomic E-state index is 0.0559. The minimum atomic E-state index is -0.752. The zero-order chi connectivity index (χ0) is 16.3. The number of nitro groups is 1. The molecule has 0 radical (unpaired) electrons. The number of hydrogen-bond donors (Lipinski definition) is 1. The molecule has 1 saturated carbocycles. The monoisotopic (exact) mass is 306 g/mol. The van der Waals surface area contributed by atoms with Crippen molar-refractivity contribution >= 4 is 17.6 Å². The number of nitrogens with one attached hydrogen (secondary N) is 1. The molecule has 1 fully saturated rings. The zero-order valence-electron chi connectivity index (χ0n) is 12.5. The van der Waals surface area contributed by atoms with Gasteiger partial charge in [0.1, 0.15) is 0 Å². The van der Waals surface area contributed by atoms with Crippen LogP contribution in [0.3, 0.4) is 0 Å². The molecule has 1 aliphatic carbocycles. The average Bonchev–Trinajstić information content (AvgIpc) is 3.29. The summed E-state index contributed by atoms with van der Waals surface area (Å²) < 4.78 is 4.89. The Morgan fingerprint density at radius 1 is 1.45 bits per heavy atom. The van der Waals surface area contributed by atoms with Gasteiger partial charge in [-0.25, -0.2) is 4.79 Å². The molecular weight excluding hydrogens is 288 g/mol. The summed E-state index contributed by atoms with van der Waals surface area (Å²) >= 11 is 0. The third-order valence-corrected chi connectivity index (χ3v) is 3.69. The predicted molar refractivity (Wildman–Crippen MR) is 78.4 cm³/mol. The Morgan fingerprint density at radius 3 is 2.73 bits per heavy atom. The summed E-state index contributed by atoms with van der Waals surface area (Å²) in [7, 11) is 0. The second kappa shape index (κ2) is 6.55. The van der Waals surface area contributed by atoms with Crippen LogP contribution in [0.1, 0.15) is 35.7 Å². The molecule has 0 heterocycles. The van der Waals surface area contributed by atoms with Gasteiger partial charge in [-0.2, -0.15) is 0 Å². The molecule has 0 saturated heterocycles. The summed E-state index contributed by atoms with van der Waals surface area (Å²) in [6, 6.07) is 4.15. The molecule has 7 heteroatoms. The van der Waals surface area contributed by atoms with Crippen LogP contribution in [0, 0.1) is 23.0 Å². The van der Waals surface area contributed by atoms with E-state index in [4.69, 9.17) is 4.74 Å². The summed E-state index contributed by atoms with van der Waals surface area (Å²) in [5.74, 6) is -0.605. The number of esters is 1. The first-order valence-corrected chi connectivity index (χ1v) is 7.10. The van der Waals surface area contributed by atoms with E-state index in [0.717, 1.165) is 18.9 Å². The highest BCUT2D eigenvalue weighted by Crippen LogP contribution is 2.32. The summed E-state index contributed by atoms with van der Waals surface area (Å²) in [6.07, 6.45) is 2.21. The number of ether oxygens (including phenoxy) is 1. The second-order valence-electron chi connectivity index (χ2n) is 5.53. The van der Waals surface area contributed by atoms with Gasteiger partial charge < -0.3 is 10.1 Å². The van der Waals surface area contributed by atoms with Crippen molar-refractivity contribution < 1.29 is 19.2 Å². The topological polar surface area (TPSA) is 98.5 Å². The lowest BCUT2D eigenvalue weighted by Crippen LogP contribution is -2.37. The van der Waals surface area contributed by atoms with Gasteiger partial charge in [0.15, 0.2) is 6.61 Å². The van der Waals surface area contributed by atoms with E-state index in [-0.39, 0.29) is 23.2 Å². The van der Waals surface area contributed by atoms with Crippen molar-refractivity contribution in [3.05, 3.63) is 39.4 Å². The van der Waals surface area contributed by atoms with Crippen LogP contribution < -0.4 is 5.32 Å².